The second kappa shape index (κ2) is 10.8. The monoisotopic (exact) mass is 484 g/mol. The topological polar surface area (TPSA) is 135 Å². The summed E-state index contributed by atoms with van der Waals surface area (Å²) in [6.07, 6.45) is 4.70. The summed E-state index contributed by atoms with van der Waals surface area (Å²) < 4.78 is 25.2. The van der Waals surface area contributed by atoms with Gasteiger partial charge in [-0.2, -0.15) is 0 Å². The number of anilines is 2. The van der Waals surface area contributed by atoms with Crippen LogP contribution in [0.5, 0.6) is 0 Å². The Morgan fingerprint density at radius 1 is 1.16 bits per heavy atom. The van der Waals surface area contributed by atoms with Crippen LogP contribution in [0.3, 0.4) is 0 Å². The summed E-state index contributed by atoms with van der Waals surface area (Å²) in [5.41, 5.74) is 4.54. The van der Waals surface area contributed by atoms with Crippen molar-refractivity contribution in [1.82, 2.24) is 9.55 Å². The van der Waals surface area contributed by atoms with E-state index in [-0.39, 0.29) is 40.1 Å². The Bertz CT molecular complexity index is 1200. The largest absolute Gasteiger partial charge is 0.383 e. The van der Waals surface area contributed by atoms with Gasteiger partial charge < -0.3 is 10.6 Å². The molecule has 1 aromatic carbocycles. The molecule has 0 unspecified atom stereocenters. The molecule has 176 valence electrons. The zero-order valence-corrected chi connectivity index (χ0v) is 20.1. The van der Waals surface area contributed by atoms with Gasteiger partial charge in [-0.1, -0.05) is 44.7 Å². The van der Waals surface area contributed by atoms with Crippen LogP contribution in [0.1, 0.15) is 56.3 Å². The van der Waals surface area contributed by atoms with Crippen molar-refractivity contribution in [3.63, 3.8) is 0 Å². The number of carbonyl (C=O) groups excluding carboxylic acids is 1. The molecule has 0 bridgehead atoms. The van der Waals surface area contributed by atoms with Crippen LogP contribution in [0, 0.1) is 0 Å². The summed E-state index contributed by atoms with van der Waals surface area (Å²) in [6, 6.07) is 3.82. The minimum Gasteiger partial charge on any atom is -0.383 e. The number of benzene rings is 1. The molecule has 11 heteroatoms. The van der Waals surface area contributed by atoms with Crippen LogP contribution in [0.15, 0.2) is 32.7 Å². The number of unbranched alkanes of at least 4 members (excludes halogenated alkanes) is 3. The van der Waals surface area contributed by atoms with Gasteiger partial charge >= 0.3 is 5.69 Å². The van der Waals surface area contributed by atoms with Crippen LogP contribution in [-0.2, 0) is 16.4 Å². The van der Waals surface area contributed by atoms with Crippen molar-refractivity contribution < 1.29 is 13.2 Å². The first-order valence-electron chi connectivity index (χ1n) is 10.5. The van der Waals surface area contributed by atoms with Crippen molar-refractivity contribution in [3.8, 4) is 0 Å². The number of sulfone groups is 1. The maximum absolute atomic E-state index is 13.5. The van der Waals surface area contributed by atoms with E-state index in [9.17, 15) is 22.8 Å². The highest BCUT2D eigenvalue weighted by atomic mass is 35.5. The molecule has 1 amide bonds. The Kier molecular flexibility index (Phi) is 8.68. The van der Waals surface area contributed by atoms with Crippen LogP contribution in [-0.4, -0.2) is 36.7 Å². The molecule has 0 atom stereocenters. The van der Waals surface area contributed by atoms with Crippen molar-refractivity contribution in [3.05, 3.63) is 49.6 Å². The van der Waals surface area contributed by atoms with Gasteiger partial charge in [-0.25, -0.2) is 13.2 Å². The highest BCUT2D eigenvalue weighted by Gasteiger charge is 2.27. The average Bonchev–Trinajstić information content (AvgIpc) is 2.71. The molecule has 0 aliphatic carbocycles. The van der Waals surface area contributed by atoms with Gasteiger partial charge in [-0.3, -0.25) is 19.1 Å². The summed E-state index contributed by atoms with van der Waals surface area (Å²) in [4.78, 5) is 41.9. The van der Waals surface area contributed by atoms with Crippen LogP contribution in [0.2, 0.25) is 5.02 Å². The maximum atomic E-state index is 13.5. The molecule has 2 aromatic rings. The lowest BCUT2D eigenvalue weighted by molar-refractivity contribution is 0.0986. The fourth-order valence-electron chi connectivity index (χ4n) is 3.26. The second-order valence-corrected chi connectivity index (χ2v) is 10.00. The summed E-state index contributed by atoms with van der Waals surface area (Å²) >= 11 is 6.22. The van der Waals surface area contributed by atoms with Gasteiger partial charge in [0.2, 0.25) is 0 Å². The third-order valence-corrected chi connectivity index (χ3v) is 6.49. The lowest BCUT2D eigenvalue weighted by Crippen LogP contribution is -2.41. The van der Waals surface area contributed by atoms with Crippen LogP contribution in [0.4, 0.5) is 11.5 Å². The highest BCUT2D eigenvalue weighted by Crippen LogP contribution is 2.26. The van der Waals surface area contributed by atoms with Crippen molar-refractivity contribution in [2.75, 3.05) is 23.4 Å². The number of hydrogen-bond acceptors (Lipinski definition) is 6. The number of rotatable bonds is 10. The fourth-order valence-corrected chi connectivity index (χ4v) is 4.10. The number of halogens is 1. The standard InChI is InChI=1S/C21H29ClN4O5S/c1-4-6-8-12-25(17-18(23)26(11-7-5-2)21(29)24-19(17)27)20(28)15-13-14(32(3,30)31)9-10-16(15)22/h9-10,13H,4-8,11-12,23H2,1-3H3,(H,24,27,29). The number of nitrogen functional groups attached to an aromatic ring is 1. The third kappa shape index (κ3) is 5.80. The lowest BCUT2D eigenvalue weighted by Gasteiger charge is -2.25. The van der Waals surface area contributed by atoms with Crippen molar-refractivity contribution in [2.24, 2.45) is 0 Å². The minimum absolute atomic E-state index is 0.0391. The zero-order chi connectivity index (χ0) is 24.1. The van der Waals surface area contributed by atoms with Gasteiger partial charge in [0.15, 0.2) is 15.5 Å². The van der Waals surface area contributed by atoms with E-state index < -0.39 is 27.0 Å². The molecule has 0 aliphatic rings. The maximum Gasteiger partial charge on any atom is 0.330 e. The van der Waals surface area contributed by atoms with E-state index >= 15 is 0 Å². The van der Waals surface area contributed by atoms with Crippen LogP contribution >= 0.6 is 11.6 Å². The summed E-state index contributed by atoms with van der Waals surface area (Å²) in [6.45, 7) is 4.37. The molecule has 0 saturated heterocycles. The molecule has 0 aliphatic heterocycles. The van der Waals surface area contributed by atoms with Gasteiger partial charge in [0.1, 0.15) is 5.82 Å². The molecule has 1 heterocycles. The molecule has 9 nitrogen and oxygen atoms in total. The number of aromatic nitrogens is 2. The number of aromatic amines is 1. The molecule has 0 saturated carbocycles. The van der Waals surface area contributed by atoms with Crippen molar-refractivity contribution in [2.45, 2.75) is 57.4 Å². The van der Waals surface area contributed by atoms with E-state index in [0.717, 1.165) is 25.5 Å². The number of nitrogens with zero attached hydrogens (tertiary/aromatic N) is 2. The highest BCUT2D eigenvalue weighted by molar-refractivity contribution is 7.90. The number of nitrogens with two attached hydrogens (primary N) is 1. The molecular formula is C21H29ClN4O5S. The Balaban J connectivity index is 2.68. The number of nitrogens with one attached hydrogen (secondary N) is 1. The molecule has 1 aromatic heterocycles. The van der Waals surface area contributed by atoms with Crippen LogP contribution < -0.4 is 21.9 Å². The Morgan fingerprint density at radius 2 is 1.81 bits per heavy atom. The van der Waals surface area contributed by atoms with E-state index in [1.54, 1.807) is 0 Å². The summed E-state index contributed by atoms with van der Waals surface area (Å²) in [7, 11) is -3.59. The zero-order valence-electron chi connectivity index (χ0n) is 18.5. The Morgan fingerprint density at radius 3 is 2.41 bits per heavy atom. The normalized spacial score (nSPS) is 11.5. The first kappa shape index (κ1) is 25.7. The predicted molar refractivity (Wildman–Crippen MR) is 126 cm³/mol. The summed E-state index contributed by atoms with van der Waals surface area (Å²) in [5.74, 6) is -0.790. The molecule has 3 N–H and O–H groups in total. The molecule has 32 heavy (non-hydrogen) atoms. The third-order valence-electron chi connectivity index (χ3n) is 5.05. The predicted octanol–water partition coefficient (Wildman–Crippen LogP) is 2.81. The number of carbonyl (C=O) groups is 1. The Labute approximate surface area is 192 Å². The van der Waals surface area contributed by atoms with E-state index in [1.807, 2.05) is 13.8 Å². The molecular weight excluding hydrogens is 456 g/mol. The quantitative estimate of drug-likeness (QED) is 0.498. The number of amides is 1. The van der Waals surface area contributed by atoms with Crippen LogP contribution in [0.25, 0.3) is 0 Å². The first-order valence-corrected chi connectivity index (χ1v) is 12.7. The Hall–Kier alpha value is -2.59. The van der Waals surface area contributed by atoms with Crippen molar-refractivity contribution >= 4 is 38.9 Å². The molecule has 0 radical (unpaired) electrons. The van der Waals surface area contributed by atoms with Gasteiger partial charge in [-0.15, -0.1) is 0 Å². The minimum atomic E-state index is -3.59. The van der Waals surface area contributed by atoms with Gasteiger partial charge in [0.05, 0.1) is 15.5 Å². The smallest absolute Gasteiger partial charge is 0.330 e. The van der Waals surface area contributed by atoms with E-state index in [2.05, 4.69) is 4.98 Å². The average molecular weight is 485 g/mol. The second-order valence-electron chi connectivity index (χ2n) is 7.58. The van der Waals surface area contributed by atoms with Gasteiger partial charge in [-0.05, 0) is 31.0 Å². The molecule has 0 spiro atoms. The lowest BCUT2D eigenvalue weighted by atomic mass is 10.1. The van der Waals surface area contributed by atoms with Gasteiger partial charge in [0, 0.05) is 19.3 Å². The molecule has 2 rings (SSSR count). The van der Waals surface area contributed by atoms with E-state index in [4.69, 9.17) is 17.3 Å². The van der Waals surface area contributed by atoms with E-state index in [1.165, 1.54) is 27.7 Å². The SMILES string of the molecule is CCCCCN(C(=O)c1cc(S(C)(=O)=O)ccc1Cl)c1c(N)n(CCCC)c(=O)[nH]c1=O. The number of H-pyrrole nitrogens is 1. The fraction of sp³-hybridized carbons (Fsp3) is 0.476. The first-order chi connectivity index (χ1) is 15.0. The van der Waals surface area contributed by atoms with Crippen molar-refractivity contribution in [1.29, 1.82) is 0 Å². The summed E-state index contributed by atoms with van der Waals surface area (Å²) in [5, 5.41) is 0.0391. The van der Waals surface area contributed by atoms with E-state index in [0.29, 0.717) is 12.8 Å². The molecule has 0 fully saturated rings. The van der Waals surface area contributed by atoms with Gasteiger partial charge in [0.25, 0.3) is 11.5 Å². The number of hydrogen-bond donors (Lipinski definition) is 2.